The zero-order valence-electron chi connectivity index (χ0n) is 14.0. The quantitative estimate of drug-likeness (QED) is 0.714. The van der Waals surface area contributed by atoms with E-state index in [0.717, 1.165) is 16.8 Å². The fraction of sp³-hybridized carbons (Fsp3) is 0.263. The van der Waals surface area contributed by atoms with E-state index in [9.17, 15) is 9.59 Å². The molecule has 0 heterocycles. The summed E-state index contributed by atoms with van der Waals surface area (Å²) in [7, 11) is 0. The lowest BCUT2D eigenvalue weighted by Gasteiger charge is -2.16. The van der Waals surface area contributed by atoms with Gasteiger partial charge in [0, 0.05) is 24.7 Å². The van der Waals surface area contributed by atoms with Crippen molar-refractivity contribution in [2.45, 2.75) is 32.7 Å². The van der Waals surface area contributed by atoms with Crippen molar-refractivity contribution in [2.24, 2.45) is 0 Å². The average molecular weight is 325 g/mol. The highest BCUT2D eigenvalue weighted by Gasteiger charge is 2.11. The predicted molar refractivity (Wildman–Crippen MR) is 96.5 cm³/mol. The van der Waals surface area contributed by atoms with E-state index in [1.54, 1.807) is 0 Å². The van der Waals surface area contributed by atoms with Crippen LogP contribution in [0.3, 0.4) is 0 Å². The third-order valence-corrected chi connectivity index (χ3v) is 3.76. The Kier molecular flexibility index (Phi) is 5.95. The van der Waals surface area contributed by atoms with Gasteiger partial charge in [-0.15, -0.1) is 0 Å². The second kappa shape index (κ2) is 8.15. The van der Waals surface area contributed by atoms with Crippen molar-refractivity contribution < 1.29 is 9.59 Å². The first-order chi connectivity index (χ1) is 11.5. The fourth-order valence-corrected chi connectivity index (χ4v) is 2.50. The number of anilines is 2. The second-order valence-electron chi connectivity index (χ2n) is 5.79. The van der Waals surface area contributed by atoms with Gasteiger partial charge in [0.25, 0.3) is 0 Å². The van der Waals surface area contributed by atoms with Gasteiger partial charge >= 0.3 is 0 Å². The largest absolute Gasteiger partial charge is 0.399 e. The molecular formula is C19H23N3O2. The first-order valence-electron chi connectivity index (χ1n) is 7.96. The summed E-state index contributed by atoms with van der Waals surface area (Å²) in [5.74, 6) is -0.153. The maximum Gasteiger partial charge on any atom is 0.221 e. The van der Waals surface area contributed by atoms with Crippen LogP contribution in [0.1, 0.15) is 37.4 Å². The molecule has 5 nitrogen and oxygen atoms in total. The van der Waals surface area contributed by atoms with Crippen molar-refractivity contribution >= 4 is 23.2 Å². The monoisotopic (exact) mass is 325 g/mol. The highest BCUT2D eigenvalue weighted by molar-refractivity contribution is 5.88. The van der Waals surface area contributed by atoms with Crippen molar-refractivity contribution in [3.8, 4) is 0 Å². The summed E-state index contributed by atoms with van der Waals surface area (Å²) >= 11 is 0. The van der Waals surface area contributed by atoms with Crippen LogP contribution < -0.4 is 16.4 Å². The number of amides is 2. The van der Waals surface area contributed by atoms with Crippen molar-refractivity contribution in [2.75, 3.05) is 11.1 Å². The van der Waals surface area contributed by atoms with E-state index >= 15 is 0 Å². The van der Waals surface area contributed by atoms with E-state index in [4.69, 9.17) is 5.73 Å². The SMILES string of the molecule is CC(=O)Nc1cccc(C(C)NC(=O)CCc2ccccc2N)c1. The second-order valence-corrected chi connectivity index (χ2v) is 5.79. The maximum atomic E-state index is 12.2. The van der Waals surface area contributed by atoms with Crippen LogP contribution in [0.15, 0.2) is 48.5 Å². The molecule has 2 rings (SSSR count). The fourth-order valence-electron chi connectivity index (χ4n) is 2.50. The molecule has 2 aromatic carbocycles. The Labute approximate surface area is 142 Å². The molecule has 0 aliphatic heterocycles. The number of nitrogen functional groups attached to an aromatic ring is 1. The van der Waals surface area contributed by atoms with Gasteiger partial charge in [-0.3, -0.25) is 9.59 Å². The van der Waals surface area contributed by atoms with Gasteiger partial charge < -0.3 is 16.4 Å². The lowest BCUT2D eigenvalue weighted by atomic mass is 10.1. The molecular weight excluding hydrogens is 302 g/mol. The third-order valence-electron chi connectivity index (χ3n) is 3.76. The normalized spacial score (nSPS) is 11.6. The summed E-state index contributed by atoms with van der Waals surface area (Å²) in [6.07, 6.45) is 0.987. The van der Waals surface area contributed by atoms with Crippen molar-refractivity contribution in [1.82, 2.24) is 5.32 Å². The van der Waals surface area contributed by atoms with Gasteiger partial charge in [-0.05, 0) is 42.7 Å². The van der Waals surface area contributed by atoms with Gasteiger partial charge in [0.05, 0.1) is 6.04 Å². The number of para-hydroxylation sites is 1. The molecule has 0 spiro atoms. The lowest BCUT2D eigenvalue weighted by Crippen LogP contribution is -2.27. The molecule has 1 atom stereocenters. The van der Waals surface area contributed by atoms with E-state index in [1.807, 2.05) is 55.5 Å². The van der Waals surface area contributed by atoms with Crippen LogP contribution in [0.25, 0.3) is 0 Å². The maximum absolute atomic E-state index is 12.2. The van der Waals surface area contributed by atoms with Crippen LogP contribution in [0.5, 0.6) is 0 Å². The molecule has 126 valence electrons. The first kappa shape index (κ1) is 17.5. The van der Waals surface area contributed by atoms with Gasteiger partial charge in [-0.1, -0.05) is 30.3 Å². The smallest absolute Gasteiger partial charge is 0.221 e. The number of aryl methyl sites for hydroxylation is 1. The number of carbonyl (C=O) groups excluding carboxylic acids is 2. The minimum atomic E-state index is -0.140. The summed E-state index contributed by atoms with van der Waals surface area (Å²) in [4.78, 5) is 23.3. The molecule has 24 heavy (non-hydrogen) atoms. The van der Waals surface area contributed by atoms with Crippen molar-refractivity contribution in [1.29, 1.82) is 0 Å². The summed E-state index contributed by atoms with van der Waals surface area (Å²) in [5, 5.41) is 5.71. The molecule has 0 saturated carbocycles. The van der Waals surface area contributed by atoms with Crippen LogP contribution in [0.4, 0.5) is 11.4 Å². The number of rotatable bonds is 6. The Morgan fingerprint density at radius 3 is 2.58 bits per heavy atom. The van der Waals surface area contributed by atoms with Gasteiger partial charge in [-0.25, -0.2) is 0 Å². The van der Waals surface area contributed by atoms with Gasteiger partial charge in [-0.2, -0.15) is 0 Å². The number of nitrogens with one attached hydrogen (secondary N) is 2. The van der Waals surface area contributed by atoms with Gasteiger partial charge in [0.15, 0.2) is 0 Å². The minimum absolute atomic E-state index is 0.0318. The van der Waals surface area contributed by atoms with Crippen LogP contribution in [0.2, 0.25) is 0 Å². The third kappa shape index (κ3) is 5.12. The van der Waals surface area contributed by atoms with Crippen molar-refractivity contribution in [3.05, 3.63) is 59.7 Å². The zero-order chi connectivity index (χ0) is 17.5. The molecule has 0 radical (unpaired) electrons. The molecule has 4 N–H and O–H groups in total. The molecule has 0 aromatic heterocycles. The summed E-state index contributed by atoms with van der Waals surface area (Å²) < 4.78 is 0. The molecule has 2 aromatic rings. The molecule has 0 aliphatic carbocycles. The van der Waals surface area contributed by atoms with Gasteiger partial charge in [0.2, 0.25) is 11.8 Å². The number of hydrogen-bond donors (Lipinski definition) is 3. The van der Waals surface area contributed by atoms with Crippen LogP contribution >= 0.6 is 0 Å². The minimum Gasteiger partial charge on any atom is -0.399 e. The van der Waals surface area contributed by atoms with E-state index < -0.39 is 0 Å². The Hall–Kier alpha value is -2.82. The molecule has 0 bridgehead atoms. The van der Waals surface area contributed by atoms with Crippen molar-refractivity contribution in [3.63, 3.8) is 0 Å². The predicted octanol–water partition coefficient (Wildman–Crippen LogP) is 3.04. The topological polar surface area (TPSA) is 84.2 Å². The first-order valence-corrected chi connectivity index (χ1v) is 7.96. The van der Waals surface area contributed by atoms with E-state index in [-0.39, 0.29) is 17.9 Å². The molecule has 2 amide bonds. The molecule has 0 saturated heterocycles. The number of hydrogen-bond acceptors (Lipinski definition) is 3. The van der Waals surface area contributed by atoms with E-state index in [2.05, 4.69) is 10.6 Å². The molecule has 1 unspecified atom stereocenters. The standard InChI is InChI=1S/C19H23N3O2/c1-13(16-7-5-8-17(12-16)22-14(2)23)21-19(24)11-10-15-6-3-4-9-18(15)20/h3-9,12-13H,10-11,20H2,1-2H3,(H,21,24)(H,22,23). The Balaban J connectivity index is 1.91. The highest BCUT2D eigenvalue weighted by Crippen LogP contribution is 2.18. The lowest BCUT2D eigenvalue weighted by molar-refractivity contribution is -0.121. The highest BCUT2D eigenvalue weighted by atomic mass is 16.2. The number of nitrogens with two attached hydrogens (primary N) is 1. The Bertz CT molecular complexity index is 728. The Morgan fingerprint density at radius 2 is 1.88 bits per heavy atom. The zero-order valence-corrected chi connectivity index (χ0v) is 14.0. The number of benzene rings is 2. The van der Waals surface area contributed by atoms with Crippen LogP contribution in [0, 0.1) is 0 Å². The molecule has 5 heteroatoms. The summed E-state index contributed by atoms with van der Waals surface area (Å²) in [6.45, 7) is 3.38. The van der Waals surface area contributed by atoms with Crippen LogP contribution in [-0.4, -0.2) is 11.8 Å². The summed E-state index contributed by atoms with van der Waals surface area (Å²) in [5.41, 5.74) is 9.24. The Morgan fingerprint density at radius 1 is 1.12 bits per heavy atom. The summed E-state index contributed by atoms with van der Waals surface area (Å²) in [6, 6.07) is 14.9. The van der Waals surface area contributed by atoms with E-state index in [1.165, 1.54) is 6.92 Å². The molecule has 0 aliphatic rings. The van der Waals surface area contributed by atoms with Gasteiger partial charge in [0.1, 0.15) is 0 Å². The number of carbonyl (C=O) groups is 2. The molecule has 0 fully saturated rings. The van der Waals surface area contributed by atoms with Crippen LogP contribution in [-0.2, 0) is 16.0 Å². The van der Waals surface area contributed by atoms with E-state index in [0.29, 0.717) is 18.5 Å². The average Bonchev–Trinajstić information content (AvgIpc) is 2.53.